The average molecular weight is 1610 g/mol. The zero-order valence-electron chi connectivity index (χ0n) is 63.9. The molecule has 6 aromatic carbocycles. The summed E-state index contributed by atoms with van der Waals surface area (Å²) in [6, 6.07) is 34.9. The molecule has 6 N–H and O–H groups in total. The minimum absolute atomic E-state index is 0.0459. The molecule has 36 heteroatoms. The molecule has 3 aromatic heterocycles. The number of rotatable bonds is 21. The molecule has 12 rings (SSSR count). The molecular weight excluding hydrogens is 1530 g/mol. The monoisotopic (exact) mass is 1610 g/mol. The number of halogens is 9. The molecule has 3 amide bonds. The largest absolute Gasteiger partial charge is 0.495 e. The Morgan fingerprint density at radius 3 is 1.09 bits per heavy atom. The van der Waals surface area contributed by atoms with Crippen molar-refractivity contribution in [2.45, 2.75) is 89.0 Å². The summed E-state index contributed by atoms with van der Waals surface area (Å²) in [5.74, 6) is -3.09. The molecule has 0 bridgehead atoms. The summed E-state index contributed by atoms with van der Waals surface area (Å²) < 4.78 is 155. The van der Waals surface area contributed by atoms with Crippen LogP contribution in [0.15, 0.2) is 134 Å². The summed E-state index contributed by atoms with van der Waals surface area (Å²) >= 11 is 0. The van der Waals surface area contributed by atoms with Crippen LogP contribution >= 0.6 is 0 Å². The number of nitrogens with zero attached hydrogens (tertiary/aromatic N) is 12. The number of ether oxygens (including phenoxy) is 6. The number of para-hydroxylation sites is 1. The zero-order valence-corrected chi connectivity index (χ0v) is 63.9. The van der Waals surface area contributed by atoms with Crippen molar-refractivity contribution in [1.82, 2.24) is 60.6 Å². The van der Waals surface area contributed by atoms with Crippen molar-refractivity contribution in [2.75, 3.05) is 97.7 Å². The molecule has 116 heavy (non-hydrogen) atoms. The number of carbonyl (C=O) groups is 3. The maximum absolute atomic E-state index is 13.7. The van der Waals surface area contributed by atoms with Crippen LogP contribution in [0.3, 0.4) is 0 Å². The Balaban J connectivity index is 0.000000184. The maximum Gasteiger partial charge on any atom is 0.423 e. The highest BCUT2D eigenvalue weighted by atomic mass is 19.4. The van der Waals surface area contributed by atoms with Crippen molar-refractivity contribution in [3.8, 4) is 70.3 Å². The molecular formula is C80H79F9N18O9. The predicted molar refractivity (Wildman–Crippen MR) is 407 cm³/mol. The molecule has 0 aliphatic carbocycles. The smallest absolute Gasteiger partial charge is 0.423 e. The van der Waals surface area contributed by atoms with E-state index in [0.29, 0.717) is 57.9 Å². The Morgan fingerprint density at radius 1 is 0.414 bits per heavy atom. The lowest BCUT2D eigenvalue weighted by atomic mass is 10.0. The fourth-order valence-corrected chi connectivity index (χ4v) is 12.2. The first-order chi connectivity index (χ1) is 55.3. The number of alkyl halides is 9. The van der Waals surface area contributed by atoms with Gasteiger partial charge in [-0.25, -0.2) is 15.0 Å². The van der Waals surface area contributed by atoms with Gasteiger partial charge in [-0.15, -0.1) is 0 Å². The van der Waals surface area contributed by atoms with Crippen LogP contribution < -0.4 is 60.3 Å². The number of methoxy groups -OCH3 is 3. The van der Waals surface area contributed by atoms with Crippen molar-refractivity contribution >= 4 is 52.6 Å². The van der Waals surface area contributed by atoms with E-state index in [1.807, 2.05) is 39.4 Å². The van der Waals surface area contributed by atoms with Crippen molar-refractivity contribution in [3.63, 3.8) is 0 Å². The number of nitriles is 3. The third-order valence-electron chi connectivity index (χ3n) is 18.7. The van der Waals surface area contributed by atoms with E-state index in [1.165, 1.54) is 75.9 Å². The summed E-state index contributed by atoms with van der Waals surface area (Å²) in [4.78, 5) is 68.1. The maximum atomic E-state index is 13.7. The zero-order chi connectivity index (χ0) is 83.6. The van der Waals surface area contributed by atoms with Crippen LogP contribution in [-0.4, -0.2) is 162 Å². The molecule has 27 nitrogen and oxygen atoms in total. The van der Waals surface area contributed by atoms with E-state index >= 15 is 0 Å². The van der Waals surface area contributed by atoms with Crippen LogP contribution in [-0.2, 0) is 18.5 Å². The van der Waals surface area contributed by atoms with Crippen molar-refractivity contribution < 1.29 is 82.3 Å². The molecule has 3 saturated heterocycles. The number of aromatic nitrogens is 6. The van der Waals surface area contributed by atoms with Gasteiger partial charge in [-0.05, 0) is 209 Å². The van der Waals surface area contributed by atoms with Gasteiger partial charge in [0.2, 0.25) is 35.5 Å². The van der Waals surface area contributed by atoms with E-state index in [0.717, 1.165) is 83.4 Å². The fraction of sp³-hybridized carbons (Fsp3) is 0.325. The van der Waals surface area contributed by atoms with E-state index in [4.69, 9.17) is 28.4 Å². The Hall–Kier alpha value is -13.1. The third kappa shape index (κ3) is 22.6. The van der Waals surface area contributed by atoms with Gasteiger partial charge in [0.05, 0.1) is 55.1 Å². The summed E-state index contributed by atoms with van der Waals surface area (Å²) in [6.45, 7) is 8.79. The van der Waals surface area contributed by atoms with Crippen LogP contribution in [0.2, 0.25) is 0 Å². The van der Waals surface area contributed by atoms with E-state index in [-0.39, 0.29) is 105 Å². The number of hydrogen-bond donors (Lipinski definition) is 6. The van der Waals surface area contributed by atoms with Gasteiger partial charge in [0.15, 0.2) is 0 Å². The molecule has 606 valence electrons. The van der Waals surface area contributed by atoms with Crippen LogP contribution in [0, 0.1) is 47.8 Å². The van der Waals surface area contributed by atoms with Gasteiger partial charge in [-0.3, -0.25) is 14.4 Å². The van der Waals surface area contributed by atoms with Gasteiger partial charge in [-0.1, -0.05) is 30.3 Å². The minimum Gasteiger partial charge on any atom is -0.495 e. The Bertz CT molecular complexity index is 5150. The number of carbonyl (C=O) groups excluding carboxylic acids is 3. The van der Waals surface area contributed by atoms with Crippen molar-refractivity contribution in [2.24, 2.45) is 0 Å². The molecule has 9 aromatic rings. The van der Waals surface area contributed by atoms with Crippen molar-refractivity contribution in [1.29, 1.82) is 15.8 Å². The van der Waals surface area contributed by atoms with E-state index in [1.54, 1.807) is 74.5 Å². The number of hydrogen-bond acceptors (Lipinski definition) is 24. The summed E-state index contributed by atoms with van der Waals surface area (Å²) in [6.07, 6.45) is -7.48. The standard InChI is InChI=1S/2C27H27F3N6O3.C26H25F3N6O3/c1-16-4-7-22(18(12-16)14-31)39-25-20(27(28,29)30)15-32-26(35-25)34-21-6-5-17(13-23(21)38-3)24(37)33-19-8-10-36(2)11-9-19;1-16-5-4-6-22(19(16)14-31)39-25-20(27(28,29)30)15-32-26(35-25)34-21-8-7-17(13-23(21)38-3)24(37)33-18-9-11-36(2)12-10-18;1-35-11-9-18(10-12-35)32-23(36)16-7-8-20(22(13-16)37-2)33-25-31-15-19(26(27,28)29)24(34-25)38-21-6-4-3-5-17(21)14-30/h4-7,12-13,15,19H,8-11H2,1-3H3,(H,33,37)(H,32,34,35);4-8,13,15,18H,9-12H2,1-3H3,(H,33,37)(H,32,34,35);3-8,13,15,18H,9-12H2,1-2H3,(H,32,36)(H,31,33,34). The lowest BCUT2D eigenvalue weighted by Crippen LogP contribution is -2.43. The van der Waals surface area contributed by atoms with Gasteiger partial charge < -0.3 is 75.0 Å². The van der Waals surface area contributed by atoms with Gasteiger partial charge in [0, 0.05) is 53.4 Å². The molecule has 3 aliphatic heterocycles. The SMILES string of the molecule is COc1cc(C(=O)NC2CCN(C)CC2)ccc1Nc1ncc(C(F)(F)F)c(Oc2ccc(C)cc2C#N)n1.COc1cc(C(=O)NC2CCN(C)CC2)ccc1Nc1ncc(C(F)(F)F)c(Oc2cccc(C)c2C#N)n1.COc1cc(C(=O)NC2CCN(C)CC2)ccc1Nc1ncc(C(F)(F)F)c(Oc2ccccc2C#N)n1. The summed E-state index contributed by atoms with van der Waals surface area (Å²) in [5.41, 5.74) is -0.0281. The van der Waals surface area contributed by atoms with Gasteiger partial charge >= 0.3 is 18.5 Å². The Morgan fingerprint density at radius 2 is 0.750 bits per heavy atom. The highest BCUT2D eigenvalue weighted by Gasteiger charge is 2.40. The second kappa shape index (κ2) is 38.1. The first kappa shape index (κ1) is 85.3. The number of nitrogens with one attached hydrogen (secondary N) is 6. The first-order valence-electron chi connectivity index (χ1n) is 36.0. The third-order valence-corrected chi connectivity index (χ3v) is 18.7. The fourth-order valence-electron chi connectivity index (χ4n) is 12.2. The average Bonchev–Trinajstić information content (AvgIpc) is 0.799. The first-order valence-corrected chi connectivity index (χ1v) is 36.0. The van der Waals surface area contributed by atoms with Crippen LogP contribution in [0.25, 0.3) is 0 Å². The Labute approximate surface area is 660 Å². The number of likely N-dealkylation sites (tertiary alicyclic amines) is 3. The van der Waals surface area contributed by atoms with Gasteiger partial charge in [0.1, 0.15) is 69.4 Å². The van der Waals surface area contributed by atoms with E-state index < -0.39 is 52.9 Å². The molecule has 0 saturated carbocycles. The Kier molecular flexibility index (Phi) is 28.1. The second-order valence-corrected chi connectivity index (χ2v) is 27.1. The lowest BCUT2D eigenvalue weighted by Gasteiger charge is -2.29. The van der Waals surface area contributed by atoms with Gasteiger partial charge in [-0.2, -0.15) is 70.3 Å². The molecule has 3 fully saturated rings. The topological polar surface area (TPSA) is 337 Å². The van der Waals surface area contributed by atoms with Crippen LogP contribution in [0.1, 0.15) is 114 Å². The molecule has 0 unspecified atom stereocenters. The molecule has 6 heterocycles. The molecule has 3 aliphatic rings. The highest BCUT2D eigenvalue weighted by molar-refractivity contribution is 5.97. The van der Waals surface area contributed by atoms with E-state index in [2.05, 4.69) is 76.5 Å². The number of amides is 3. The number of anilines is 6. The van der Waals surface area contributed by atoms with Crippen LogP contribution in [0.4, 0.5) is 74.4 Å². The molecule has 0 radical (unpaired) electrons. The number of aryl methyl sites for hydroxylation is 2. The highest BCUT2D eigenvalue weighted by Crippen LogP contribution is 2.43. The van der Waals surface area contributed by atoms with Crippen LogP contribution in [0.5, 0.6) is 52.1 Å². The van der Waals surface area contributed by atoms with Gasteiger partial charge in [0.25, 0.3) is 17.7 Å². The van der Waals surface area contributed by atoms with E-state index in [9.17, 15) is 69.7 Å². The number of benzene rings is 6. The number of piperidine rings is 3. The lowest BCUT2D eigenvalue weighted by molar-refractivity contribution is -0.140. The quantitative estimate of drug-likeness (QED) is 0.0364. The summed E-state index contributed by atoms with van der Waals surface area (Å²) in [5, 5.41) is 45.6. The normalized spacial score (nSPS) is 14.4. The second-order valence-electron chi connectivity index (χ2n) is 27.1. The molecule has 0 spiro atoms. The minimum atomic E-state index is -4.80. The summed E-state index contributed by atoms with van der Waals surface area (Å²) in [7, 11) is 10.3. The van der Waals surface area contributed by atoms with Crippen molar-refractivity contribution in [3.05, 3.63) is 195 Å². The molecule has 0 atom stereocenters. The predicted octanol–water partition coefficient (Wildman–Crippen LogP) is 14.8.